The van der Waals surface area contributed by atoms with Gasteiger partial charge in [0.15, 0.2) is 0 Å². The van der Waals surface area contributed by atoms with E-state index in [1.54, 1.807) is 23.1 Å². The number of hydrogen-bond acceptors (Lipinski definition) is 5. The molecule has 1 saturated heterocycles. The van der Waals surface area contributed by atoms with Crippen LogP contribution in [0.2, 0.25) is 0 Å². The van der Waals surface area contributed by atoms with Gasteiger partial charge in [0.25, 0.3) is 5.91 Å². The number of thiazole rings is 1. The maximum atomic E-state index is 13.3. The van der Waals surface area contributed by atoms with Gasteiger partial charge in [-0.3, -0.25) is 9.69 Å². The minimum atomic E-state index is 0.156. The standard InChI is InChI=1S/C24H27N3OS2/c1-19-17-29-24(25-19)30-18-21-10-5-6-11-22(21)23(28)27-13-7-12-26(14-15-27)16-20-8-3-2-4-9-20/h2-6,8-11,17H,7,12-16,18H2,1H3. The summed E-state index contributed by atoms with van der Waals surface area (Å²) in [6.45, 7) is 6.49. The van der Waals surface area contributed by atoms with Crippen LogP contribution in [-0.4, -0.2) is 46.9 Å². The van der Waals surface area contributed by atoms with Crippen molar-refractivity contribution in [3.63, 3.8) is 0 Å². The Balaban J connectivity index is 1.39. The van der Waals surface area contributed by atoms with Gasteiger partial charge in [-0.25, -0.2) is 4.98 Å². The zero-order chi connectivity index (χ0) is 20.8. The SMILES string of the molecule is Cc1csc(SCc2ccccc2C(=O)N2CCCN(Cc3ccccc3)CC2)n1. The van der Waals surface area contributed by atoms with Crippen LogP contribution in [0.15, 0.2) is 64.3 Å². The Bertz CT molecular complexity index is 973. The topological polar surface area (TPSA) is 36.4 Å². The number of aryl methyl sites for hydroxylation is 1. The Morgan fingerprint density at radius 1 is 1.03 bits per heavy atom. The molecular weight excluding hydrogens is 410 g/mol. The highest BCUT2D eigenvalue weighted by Gasteiger charge is 2.22. The van der Waals surface area contributed by atoms with Crippen LogP contribution in [-0.2, 0) is 12.3 Å². The van der Waals surface area contributed by atoms with Crippen molar-refractivity contribution in [1.82, 2.24) is 14.8 Å². The summed E-state index contributed by atoms with van der Waals surface area (Å²) in [7, 11) is 0. The lowest BCUT2D eigenvalue weighted by Gasteiger charge is -2.23. The summed E-state index contributed by atoms with van der Waals surface area (Å²) in [5.74, 6) is 0.922. The number of nitrogens with zero attached hydrogens (tertiary/aromatic N) is 3. The third-order valence-electron chi connectivity index (χ3n) is 5.32. The second-order valence-electron chi connectivity index (χ2n) is 7.61. The summed E-state index contributed by atoms with van der Waals surface area (Å²) in [5.41, 5.74) is 4.30. The molecule has 0 atom stereocenters. The summed E-state index contributed by atoms with van der Waals surface area (Å²) in [5, 5.41) is 2.07. The van der Waals surface area contributed by atoms with Gasteiger partial charge in [-0.1, -0.05) is 60.3 Å². The van der Waals surface area contributed by atoms with E-state index in [2.05, 4.69) is 51.7 Å². The third kappa shape index (κ3) is 5.50. The predicted octanol–water partition coefficient (Wildman–Crippen LogP) is 5.09. The first-order valence-corrected chi connectivity index (χ1v) is 12.2. The summed E-state index contributed by atoms with van der Waals surface area (Å²) in [4.78, 5) is 22.3. The van der Waals surface area contributed by atoms with E-state index in [0.29, 0.717) is 0 Å². The van der Waals surface area contributed by atoms with Crippen LogP contribution >= 0.6 is 23.1 Å². The van der Waals surface area contributed by atoms with Gasteiger partial charge in [0.1, 0.15) is 4.34 Å². The average molecular weight is 438 g/mol. The molecule has 0 unspecified atom stereocenters. The van der Waals surface area contributed by atoms with Gasteiger partial charge >= 0.3 is 0 Å². The Kier molecular flexibility index (Phi) is 7.20. The largest absolute Gasteiger partial charge is 0.337 e. The Labute approximate surface area is 186 Å². The minimum absolute atomic E-state index is 0.156. The van der Waals surface area contributed by atoms with E-state index in [1.807, 2.05) is 30.0 Å². The van der Waals surface area contributed by atoms with E-state index in [1.165, 1.54) is 5.56 Å². The fourth-order valence-corrected chi connectivity index (χ4v) is 5.59. The summed E-state index contributed by atoms with van der Waals surface area (Å²) in [6, 6.07) is 18.6. The predicted molar refractivity (Wildman–Crippen MR) is 125 cm³/mol. The van der Waals surface area contributed by atoms with Crippen LogP contribution in [0.5, 0.6) is 0 Å². The molecule has 2 aromatic carbocycles. The number of aromatic nitrogens is 1. The van der Waals surface area contributed by atoms with Gasteiger partial charge in [-0.15, -0.1) is 11.3 Å². The monoisotopic (exact) mass is 437 g/mol. The number of rotatable bonds is 6. The van der Waals surface area contributed by atoms with Crippen LogP contribution in [0.25, 0.3) is 0 Å². The number of hydrogen-bond donors (Lipinski definition) is 0. The number of carbonyl (C=O) groups excluding carboxylic acids is 1. The first-order chi connectivity index (χ1) is 14.7. The Morgan fingerprint density at radius 3 is 2.63 bits per heavy atom. The number of carbonyl (C=O) groups is 1. The van der Waals surface area contributed by atoms with Crippen molar-refractivity contribution in [2.75, 3.05) is 26.2 Å². The molecule has 1 aliphatic heterocycles. The van der Waals surface area contributed by atoms with Gasteiger partial charge in [0, 0.05) is 55.1 Å². The van der Waals surface area contributed by atoms with Crippen molar-refractivity contribution < 1.29 is 4.79 Å². The van der Waals surface area contributed by atoms with Gasteiger partial charge in [-0.05, 0) is 30.5 Å². The molecule has 1 aromatic heterocycles. The van der Waals surface area contributed by atoms with E-state index < -0.39 is 0 Å². The Morgan fingerprint density at radius 2 is 1.83 bits per heavy atom. The molecule has 156 valence electrons. The highest BCUT2D eigenvalue weighted by Crippen LogP contribution is 2.28. The summed E-state index contributed by atoms with van der Waals surface area (Å²) >= 11 is 3.37. The van der Waals surface area contributed by atoms with E-state index in [4.69, 9.17) is 0 Å². The molecule has 3 aromatic rings. The highest BCUT2D eigenvalue weighted by molar-refractivity contribution is 8.00. The lowest BCUT2D eigenvalue weighted by molar-refractivity contribution is 0.0760. The number of benzene rings is 2. The lowest BCUT2D eigenvalue weighted by atomic mass is 10.1. The molecule has 0 radical (unpaired) electrons. The summed E-state index contributed by atoms with van der Waals surface area (Å²) in [6.07, 6.45) is 1.01. The van der Waals surface area contributed by atoms with Crippen molar-refractivity contribution in [3.05, 3.63) is 82.4 Å². The molecule has 2 heterocycles. The zero-order valence-electron chi connectivity index (χ0n) is 17.3. The molecule has 0 spiro atoms. The smallest absolute Gasteiger partial charge is 0.254 e. The molecule has 6 heteroatoms. The van der Waals surface area contributed by atoms with Crippen molar-refractivity contribution in [2.24, 2.45) is 0 Å². The van der Waals surface area contributed by atoms with Crippen LogP contribution in [0, 0.1) is 6.92 Å². The molecular formula is C24H27N3OS2. The second-order valence-corrected chi connectivity index (χ2v) is 9.69. The molecule has 30 heavy (non-hydrogen) atoms. The molecule has 1 fully saturated rings. The molecule has 0 saturated carbocycles. The minimum Gasteiger partial charge on any atom is -0.337 e. The fraction of sp³-hybridized carbons (Fsp3) is 0.333. The van der Waals surface area contributed by atoms with E-state index in [-0.39, 0.29) is 5.91 Å². The highest BCUT2D eigenvalue weighted by atomic mass is 32.2. The van der Waals surface area contributed by atoms with Crippen molar-refractivity contribution in [1.29, 1.82) is 0 Å². The lowest BCUT2D eigenvalue weighted by Crippen LogP contribution is -2.35. The van der Waals surface area contributed by atoms with E-state index in [9.17, 15) is 4.79 Å². The molecule has 4 rings (SSSR count). The quantitative estimate of drug-likeness (QED) is 0.503. The molecule has 1 aliphatic rings. The van der Waals surface area contributed by atoms with Crippen LogP contribution < -0.4 is 0 Å². The third-order valence-corrected chi connectivity index (χ3v) is 7.51. The normalized spacial score (nSPS) is 15.2. The molecule has 0 bridgehead atoms. The maximum Gasteiger partial charge on any atom is 0.254 e. The molecule has 4 nitrogen and oxygen atoms in total. The maximum absolute atomic E-state index is 13.3. The molecule has 1 amide bonds. The van der Waals surface area contributed by atoms with Crippen LogP contribution in [0.1, 0.15) is 33.6 Å². The van der Waals surface area contributed by atoms with Crippen LogP contribution in [0.4, 0.5) is 0 Å². The first kappa shape index (κ1) is 21.1. The van der Waals surface area contributed by atoms with Crippen molar-refractivity contribution in [3.8, 4) is 0 Å². The summed E-state index contributed by atoms with van der Waals surface area (Å²) < 4.78 is 1.06. The number of thioether (sulfide) groups is 1. The van der Waals surface area contributed by atoms with Gasteiger partial charge in [0.05, 0.1) is 0 Å². The van der Waals surface area contributed by atoms with E-state index >= 15 is 0 Å². The average Bonchev–Trinajstić information content (AvgIpc) is 3.05. The van der Waals surface area contributed by atoms with E-state index in [0.717, 1.165) is 66.1 Å². The fourth-order valence-electron chi connectivity index (χ4n) is 3.74. The molecule has 0 N–H and O–H groups in total. The second kappa shape index (κ2) is 10.2. The van der Waals surface area contributed by atoms with Gasteiger partial charge in [-0.2, -0.15) is 0 Å². The number of amides is 1. The first-order valence-electron chi connectivity index (χ1n) is 10.4. The van der Waals surface area contributed by atoms with Gasteiger partial charge < -0.3 is 4.90 Å². The van der Waals surface area contributed by atoms with Gasteiger partial charge in [0.2, 0.25) is 0 Å². The molecule has 0 aliphatic carbocycles. The zero-order valence-corrected chi connectivity index (χ0v) is 18.9. The van der Waals surface area contributed by atoms with Crippen molar-refractivity contribution in [2.45, 2.75) is 30.0 Å². The van der Waals surface area contributed by atoms with Crippen LogP contribution in [0.3, 0.4) is 0 Å². The Hall–Kier alpha value is -2.15. The van der Waals surface area contributed by atoms with Crippen molar-refractivity contribution >= 4 is 29.0 Å².